The summed E-state index contributed by atoms with van der Waals surface area (Å²) >= 11 is 0. The summed E-state index contributed by atoms with van der Waals surface area (Å²) in [5.74, 6) is 0.774. The molecule has 43 heavy (non-hydrogen) atoms. The Labute approximate surface area is 259 Å². The Hall–Kier alpha value is -3.12. The molecule has 2 fully saturated rings. The third-order valence-electron chi connectivity index (χ3n) is 8.17. The summed E-state index contributed by atoms with van der Waals surface area (Å²) in [6.07, 6.45) is 7.22. The monoisotopic (exact) mass is 588 g/mol. The van der Waals surface area contributed by atoms with Crippen molar-refractivity contribution in [2.24, 2.45) is 11.8 Å². The van der Waals surface area contributed by atoms with E-state index in [1.165, 1.54) is 17.6 Å². The van der Waals surface area contributed by atoms with Crippen molar-refractivity contribution in [3.05, 3.63) is 76.9 Å². The van der Waals surface area contributed by atoms with Crippen LogP contribution < -0.4 is 5.32 Å². The second-order valence-electron chi connectivity index (χ2n) is 14.6. The van der Waals surface area contributed by atoms with Gasteiger partial charge in [-0.25, -0.2) is 9.59 Å². The number of amides is 1. The molecule has 1 amide bonds. The third kappa shape index (κ3) is 9.96. The first-order valence-corrected chi connectivity index (χ1v) is 16.0. The molecule has 0 bridgehead atoms. The molecule has 2 atom stereocenters. The molecular formula is C37H52N2O4. The highest BCUT2D eigenvalue weighted by molar-refractivity contribution is 5.89. The van der Waals surface area contributed by atoms with Crippen LogP contribution >= 0.6 is 0 Å². The van der Waals surface area contributed by atoms with Crippen molar-refractivity contribution in [2.75, 3.05) is 0 Å². The lowest BCUT2D eigenvalue weighted by Crippen LogP contribution is -2.47. The Bertz CT molecular complexity index is 1250. The van der Waals surface area contributed by atoms with Crippen molar-refractivity contribution in [3.8, 4) is 0 Å². The van der Waals surface area contributed by atoms with Gasteiger partial charge in [-0.2, -0.15) is 0 Å². The molecule has 1 N–H and O–H groups in total. The van der Waals surface area contributed by atoms with Gasteiger partial charge >= 0.3 is 12.1 Å². The van der Waals surface area contributed by atoms with E-state index in [0.29, 0.717) is 36.0 Å². The molecule has 2 aromatic carbocycles. The van der Waals surface area contributed by atoms with E-state index in [4.69, 9.17) is 9.47 Å². The summed E-state index contributed by atoms with van der Waals surface area (Å²) in [6.45, 7) is 16.3. The average molecular weight is 589 g/mol. The fourth-order valence-corrected chi connectivity index (χ4v) is 5.99. The third-order valence-corrected chi connectivity index (χ3v) is 8.17. The molecule has 4 rings (SSSR count). The summed E-state index contributed by atoms with van der Waals surface area (Å²) in [5.41, 5.74) is 3.16. The van der Waals surface area contributed by atoms with Crippen molar-refractivity contribution in [3.63, 3.8) is 0 Å². The van der Waals surface area contributed by atoms with Gasteiger partial charge in [0.2, 0.25) is 0 Å². The maximum atomic E-state index is 13.4. The number of ether oxygens (including phenoxy) is 2. The zero-order valence-electron chi connectivity index (χ0n) is 27.5. The summed E-state index contributed by atoms with van der Waals surface area (Å²) in [4.78, 5) is 27.8. The Balaban J connectivity index is 1.36. The Morgan fingerprint density at radius 2 is 1.49 bits per heavy atom. The number of carbonyl (C=O) groups excluding carboxylic acids is 2. The van der Waals surface area contributed by atoms with Crippen LogP contribution in [0, 0.1) is 11.8 Å². The normalized spacial score (nSPS) is 22.7. The predicted molar refractivity (Wildman–Crippen MR) is 174 cm³/mol. The van der Waals surface area contributed by atoms with Crippen molar-refractivity contribution in [2.45, 2.75) is 123 Å². The van der Waals surface area contributed by atoms with Crippen molar-refractivity contribution < 1.29 is 19.1 Å². The fraction of sp³-hybridized carbons (Fsp3) is 0.568. The highest BCUT2D eigenvalue weighted by Gasteiger charge is 2.42. The van der Waals surface area contributed by atoms with Gasteiger partial charge in [0.15, 0.2) is 0 Å². The molecule has 2 aromatic rings. The van der Waals surface area contributed by atoms with Crippen LogP contribution in [-0.4, -0.2) is 46.3 Å². The van der Waals surface area contributed by atoms with E-state index in [1.807, 2.05) is 58.6 Å². The lowest BCUT2D eigenvalue weighted by molar-refractivity contribution is 0.00616. The highest BCUT2D eigenvalue weighted by atomic mass is 16.6. The minimum atomic E-state index is -0.572. The van der Waals surface area contributed by atoms with Gasteiger partial charge in [0.25, 0.3) is 0 Å². The highest BCUT2D eigenvalue weighted by Crippen LogP contribution is 2.42. The van der Waals surface area contributed by atoms with Crippen LogP contribution in [0.25, 0.3) is 6.08 Å². The number of rotatable bonds is 9. The zero-order valence-corrected chi connectivity index (χ0v) is 27.5. The van der Waals surface area contributed by atoms with Gasteiger partial charge in [-0.15, -0.1) is 0 Å². The van der Waals surface area contributed by atoms with Crippen LogP contribution in [0.1, 0.15) is 109 Å². The van der Waals surface area contributed by atoms with Gasteiger partial charge in [-0.05, 0) is 109 Å². The van der Waals surface area contributed by atoms with Crippen LogP contribution in [0.3, 0.4) is 0 Å². The number of nitrogens with zero attached hydrogens (tertiary/aromatic N) is 1. The summed E-state index contributed by atoms with van der Waals surface area (Å²) in [5, 5.41) is 3.95. The van der Waals surface area contributed by atoms with Gasteiger partial charge in [0.1, 0.15) is 11.2 Å². The van der Waals surface area contributed by atoms with Crippen LogP contribution in [-0.2, 0) is 16.0 Å². The largest absolute Gasteiger partial charge is 0.456 e. The second kappa shape index (κ2) is 13.7. The van der Waals surface area contributed by atoms with Gasteiger partial charge in [-0.1, -0.05) is 68.0 Å². The number of hydrogen-bond donors (Lipinski definition) is 1. The molecule has 2 unspecified atom stereocenters. The minimum Gasteiger partial charge on any atom is -0.456 e. The van der Waals surface area contributed by atoms with E-state index < -0.39 is 11.2 Å². The molecule has 6 nitrogen and oxygen atoms in total. The van der Waals surface area contributed by atoms with Crippen molar-refractivity contribution in [1.29, 1.82) is 0 Å². The molecule has 2 aliphatic rings. The molecule has 0 saturated heterocycles. The Morgan fingerprint density at radius 1 is 0.884 bits per heavy atom. The Kier molecular flexibility index (Phi) is 10.4. The summed E-state index contributed by atoms with van der Waals surface area (Å²) < 4.78 is 11.3. The van der Waals surface area contributed by atoms with Gasteiger partial charge in [-0.3, -0.25) is 0 Å². The number of hydrogen-bond acceptors (Lipinski definition) is 5. The second-order valence-corrected chi connectivity index (χ2v) is 14.6. The molecule has 6 heteroatoms. The molecule has 0 aliphatic heterocycles. The Morgan fingerprint density at radius 3 is 2.05 bits per heavy atom. The van der Waals surface area contributed by atoms with Gasteiger partial charge in [0.05, 0.1) is 5.56 Å². The maximum Gasteiger partial charge on any atom is 0.410 e. The smallest absolute Gasteiger partial charge is 0.410 e. The van der Waals surface area contributed by atoms with Gasteiger partial charge < -0.3 is 19.7 Å². The first-order chi connectivity index (χ1) is 20.2. The molecule has 234 valence electrons. The molecule has 0 heterocycles. The van der Waals surface area contributed by atoms with E-state index >= 15 is 0 Å². The number of esters is 1. The first-order valence-electron chi connectivity index (χ1n) is 16.0. The van der Waals surface area contributed by atoms with E-state index in [-0.39, 0.29) is 18.1 Å². The lowest BCUT2D eigenvalue weighted by atomic mass is 9.89. The van der Waals surface area contributed by atoms with E-state index in [0.717, 1.165) is 31.2 Å². The van der Waals surface area contributed by atoms with E-state index in [9.17, 15) is 9.59 Å². The molecule has 0 aromatic heterocycles. The SMILES string of the molecule is CC(C)C(=Cc1ccccc1)C1CC1NC1CCC(N(Cc2ccc(C(=O)OC(C)(C)C)cc2)C(=O)OC(C)(C)C)CC1. The zero-order chi connectivity index (χ0) is 31.4. The summed E-state index contributed by atoms with van der Waals surface area (Å²) in [6, 6.07) is 19.1. The molecule has 0 radical (unpaired) electrons. The van der Waals surface area contributed by atoms with Crippen LogP contribution in [0.15, 0.2) is 60.2 Å². The topological polar surface area (TPSA) is 67.9 Å². The number of carbonyl (C=O) groups is 2. The molecule has 2 aliphatic carbocycles. The first kappa shape index (κ1) is 32.8. The van der Waals surface area contributed by atoms with Crippen LogP contribution in [0.5, 0.6) is 0 Å². The maximum absolute atomic E-state index is 13.4. The molecule has 0 spiro atoms. The average Bonchev–Trinajstić information content (AvgIpc) is 3.68. The van der Waals surface area contributed by atoms with Crippen LogP contribution in [0.2, 0.25) is 0 Å². The number of nitrogens with one attached hydrogen (secondary N) is 1. The van der Waals surface area contributed by atoms with Crippen molar-refractivity contribution >= 4 is 18.1 Å². The fourth-order valence-electron chi connectivity index (χ4n) is 5.99. The van der Waals surface area contributed by atoms with E-state index in [2.05, 4.69) is 55.6 Å². The standard InChI is InChI=1S/C37H52N2O4/c1-25(2)31(22-26-12-10-9-11-13-26)32-23-33(32)38-29-18-20-30(21-19-29)39(35(41)43-37(6,7)8)24-27-14-16-28(17-15-27)34(40)42-36(3,4)5/h9-17,22,25,29-30,32-33,38H,18-21,23-24H2,1-8H3. The lowest BCUT2D eigenvalue weighted by Gasteiger charge is -2.38. The van der Waals surface area contributed by atoms with Crippen molar-refractivity contribution in [1.82, 2.24) is 10.2 Å². The number of benzene rings is 2. The van der Waals surface area contributed by atoms with Crippen LogP contribution in [0.4, 0.5) is 4.79 Å². The van der Waals surface area contributed by atoms with E-state index in [1.54, 1.807) is 12.1 Å². The molecule has 2 saturated carbocycles. The minimum absolute atomic E-state index is 0.109. The summed E-state index contributed by atoms with van der Waals surface area (Å²) in [7, 11) is 0. The van der Waals surface area contributed by atoms with Gasteiger partial charge in [0, 0.05) is 24.7 Å². The quantitative estimate of drug-likeness (QED) is 0.298. The molecular weight excluding hydrogens is 536 g/mol. The predicted octanol–water partition coefficient (Wildman–Crippen LogP) is 8.41.